The van der Waals surface area contributed by atoms with Crippen LogP contribution in [-0.2, 0) is 4.79 Å². The van der Waals surface area contributed by atoms with E-state index in [0.29, 0.717) is 24.2 Å². The van der Waals surface area contributed by atoms with Crippen LogP contribution in [0.3, 0.4) is 0 Å². The van der Waals surface area contributed by atoms with Gasteiger partial charge in [-0.25, -0.2) is 0 Å². The molecule has 4 rings (SSSR count). The summed E-state index contributed by atoms with van der Waals surface area (Å²) in [7, 11) is 0. The number of nitrogens with zero attached hydrogens (tertiary/aromatic N) is 3. The Morgan fingerprint density at radius 1 is 1.23 bits per heavy atom. The van der Waals surface area contributed by atoms with Crippen molar-refractivity contribution in [3.8, 4) is 17.1 Å². The Kier molecular flexibility index (Phi) is 4.66. The molecule has 1 aliphatic carbocycles. The molecular formula is C20H25N3O3. The lowest BCUT2D eigenvalue weighted by Crippen LogP contribution is -2.38. The fourth-order valence-corrected chi connectivity index (χ4v) is 3.40. The Morgan fingerprint density at radius 2 is 2.00 bits per heavy atom. The van der Waals surface area contributed by atoms with E-state index in [9.17, 15) is 4.79 Å². The van der Waals surface area contributed by atoms with Gasteiger partial charge in [0.25, 0.3) is 0 Å². The maximum absolute atomic E-state index is 12.3. The van der Waals surface area contributed by atoms with Gasteiger partial charge in [0.15, 0.2) is 0 Å². The molecule has 2 fully saturated rings. The summed E-state index contributed by atoms with van der Waals surface area (Å²) in [6.45, 7) is 5.54. The third-order valence-electron chi connectivity index (χ3n) is 5.26. The van der Waals surface area contributed by atoms with Crippen LogP contribution in [0.25, 0.3) is 11.4 Å². The zero-order valence-corrected chi connectivity index (χ0v) is 15.4. The van der Waals surface area contributed by atoms with Crippen molar-refractivity contribution in [3.05, 3.63) is 30.2 Å². The predicted octanol–water partition coefficient (Wildman–Crippen LogP) is 3.64. The second-order valence-electron chi connectivity index (χ2n) is 7.58. The molecule has 1 aromatic heterocycles. The van der Waals surface area contributed by atoms with Gasteiger partial charge in [0.1, 0.15) is 11.9 Å². The summed E-state index contributed by atoms with van der Waals surface area (Å²) in [5, 5.41) is 4.03. The van der Waals surface area contributed by atoms with Crippen LogP contribution >= 0.6 is 0 Å². The third-order valence-corrected chi connectivity index (χ3v) is 5.26. The Balaban J connectivity index is 1.35. The molecule has 2 aromatic rings. The first-order valence-electron chi connectivity index (χ1n) is 9.49. The molecule has 0 bridgehead atoms. The zero-order chi connectivity index (χ0) is 18.1. The number of likely N-dealkylation sites (tertiary alicyclic amines) is 1. The number of carbonyl (C=O) groups excluding carboxylic acids is 1. The van der Waals surface area contributed by atoms with E-state index in [1.54, 1.807) is 0 Å². The van der Waals surface area contributed by atoms with Gasteiger partial charge in [-0.15, -0.1) is 0 Å². The third kappa shape index (κ3) is 3.45. The first-order valence-corrected chi connectivity index (χ1v) is 9.49. The summed E-state index contributed by atoms with van der Waals surface area (Å²) in [4.78, 5) is 18.7. The van der Waals surface area contributed by atoms with Gasteiger partial charge in [-0.1, -0.05) is 25.4 Å². The summed E-state index contributed by atoms with van der Waals surface area (Å²) >= 11 is 0. The van der Waals surface area contributed by atoms with Gasteiger partial charge in [0.05, 0.1) is 6.54 Å². The minimum absolute atomic E-state index is 0.0718. The molecule has 1 amide bonds. The molecule has 1 unspecified atom stereocenters. The van der Waals surface area contributed by atoms with Crippen LogP contribution in [0.15, 0.2) is 28.8 Å². The van der Waals surface area contributed by atoms with E-state index in [1.807, 2.05) is 43.0 Å². The van der Waals surface area contributed by atoms with E-state index in [1.165, 1.54) is 6.42 Å². The molecular weight excluding hydrogens is 330 g/mol. The fraction of sp³-hybridized carbons (Fsp3) is 0.550. The van der Waals surface area contributed by atoms with Crippen molar-refractivity contribution in [2.45, 2.75) is 51.6 Å². The first-order chi connectivity index (χ1) is 12.6. The number of ether oxygens (including phenoxy) is 1. The highest BCUT2D eigenvalue weighted by Gasteiger charge is 2.34. The highest BCUT2D eigenvalue weighted by molar-refractivity contribution is 5.79. The topological polar surface area (TPSA) is 68.5 Å². The Hall–Kier alpha value is -2.37. The molecule has 1 atom stereocenters. The Labute approximate surface area is 153 Å². The van der Waals surface area contributed by atoms with Crippen LogP contribution in [0.2, 0.25) is 0 Å². The number of amides is 1. The standard InChI is InChI=1S/C20H25N3O3/c1-13(2)19-21-18(22-26-19)14-6-8-16(9-7-14)25-17-10-11-23(12-17)20(24)15-4-3-5-15/h6-9,13,15,17H,3-5,10-12H2,1-2H3. The SMILES string of the molecule is CC(C)c1nc(-c2ccc(OC3CCN(C(=O)C4CCC4)C3)cc2)no1. The van der Waals surface area contributed by atoms with E-state index >= 15 is 0 Å². The van der Waals surface area contributed by atoms with Gasteiger partial charge in [-0.2, -0.15) is 4.98 Å². The second kappa shape index (κ2) is 7.09. The van der Waals surface area contributed by atoms with E-state index < -0.39 is 0 Å². The lowest BCUT2D eigenvalue weighted by atomic mass is 9.84. The second-order valence-corrected chi connectivity index (χ2v) is 7.58. The van der Waals surface area contributed by atoms with E-state index in [0.717, 1.165) is 37.1 Å². The largest absolute Gasteiger partial charge is 0.489 e. The molecule has 6 heteroatoms. The van der Waals surface area contributed by atoms with Crippen LogP contribution in [0.5, 0.6) is 5.75 Å². The normalized spacial score (nSPS) is 20.4. The molecule has 26 heavy (non-hydrogen) atoms. The molecule has 1 saturated heterocycles. The summed E-state index contributed by atoms with van der Waals surface area (Å²) in [6.07, 6.45) is 4.26. The molecule has 0 N–H and O–H groups in total. The lowest BCUT2D eigenvalue weighted by Gasteiger charge is -2.29. The summed E-state index contributed by atoms with van der Waals surface area (Å²) in [6, 6.07) is 7.74. The highest BCUT2D eigenvalue weighted by Crippen LogP contribution is 2.30. The van der Waals surface area contributed by atoms with Gasteiger partial charge in [-0.3, -0.25) is 4.79 Å². The molecule has 0 spiro atoms. The molecule has 1 aromatic carbocycles. The average Bonchev–Trinajstić information content (AvgIpc) is 3.23. The van der Waals surface area contributed by atoms with Crippen molar-refractivity contribution in [1.82, 2.24) is 15.0 Å². The summed E-state index contributed by atoms with van der Waals surface area (Å²) < 4.78 is 11.3. The van der Waals surface area contributed by atoms with Crippen molar-refractivity contribution >= 4 is 5.91 Å². The number of rotatable bonds is 5. The fourth-order valence-electron chi connectivity index (χ4n) is 3.40. The number of aromatic nitrogens is 2. The van der Waals surface area contributed by atoms with Crippen LogP contribution in [0.4, 0.5) is 0 Å². The molecule has 138 valence electrons. The smallest absolute Gasteiger partial charge is 0.229 e. The van der Waals surface area contributed by atoms with Gasteiger partial charge in [-0.05, 0) is 37.1 Å². The molecule has 2 heterocycles. The highest BCUT2D eigenvalue weighted by atomic mass is 16.5. The van der Waals surface area contributed by atoms with Crippen molar-refractivity contribution in [2.75, 3.05) is 13.1 Å². The van der Waals surface area contributed by atoms with Crippen molar-refractivity contribution in [1.29, 1.82) is 0 Å². The summed E-state index contributed by atoms with van der Waals surface area (Å²) in [5.41, 5.74) is 0.904. The summed E-state index contributed by atoms with van der Waals surface area (Å²) in [5.74, 6) is 2.84. The van der Waals surface area contributed by atoms with Gasteiger partial charge in [0, 0.05) is 30.4 Å². The molecule has 1 saturated carbocycles. The monoisotopic (exact) mass is 355 g/mol. The van der Waals surface area contributed by atoms with Gasteiger partial charge < -0.3 is 14.2 Å². The zero-order valence-electron chi connectivity index (χ0n) is 15.4. The van der Waals surface area contributed by atoms with Gasteiger partial charge >= 0.3 is 0 Å². The minimum atomic E-state index is 0.0718. The average molecular weight is 355 g/mol. The van der Waals surface area contributed by atoms with Crippen molar-refractivity contribution in [2.24, 2.45) is 5.92 Å². The maximum atomic E-state index is 12.3. The van der Waals surface area contributed by atoms with E-state index in [-0.39, 0.29) is 17.9 Å². The van der Waals surface area contributed by atoms with E-state index in [4.69, 9.17) is 9.26 Å². The predicted molar refractivity (Wildman–Crippen MR) is 96.8 cm³/mol. The molecule has 2 aliphatic rings. The van der Waals surface area contributed by atoms with Crippen LogP contribution < -0.4 is 4.74 Å². The van der Waals surface area contributed by atoms with Crippen LogP contribution in [0, 0.1) is 5.92 Å². The van der Waals surface area contributed by atoms with Crippen molar-refractivity contribution < 1.29 is 14.1 Å². The Bertz CT molecular complexity index is 765. The van der Waals surface area contributed by atoms with E-state index in [2.05, 4.69) is 10.1 Å². The number of benzene rings is 1. The molecule has 1 aliphatic heterocycles. The van der Waals surface area contributed by atoms with Crippen molar-refractivity contribution in [3.63, 3.8) is 0 Å². The van der Waals surface area contributed by atoms with Crippen LogP contribution in [0.1, 0.15) is 51.3 Å². The quantitative estimate of drug-likeness (QED) is 0.819. The molecule has 0 radical (unpaired) electrons. The molecule has 6 nitrogen and oxygen atoms in total. The maximum Gasteiger partial charge on any atom is 0.229 e. The Morgan fingerprint density at radius 3 is 2.62 bits per heavy atom. The number of hydrogen-bond donors (Lipinski definition) is 0. The van der Waals surface area contributed by atoms with Crippen LogP contribution in [-0.4, -0.2) is 40.1 Å². The number of carbonyl (C=O) groups is 1. The first kappa shape index (κ1) is 17.1. The number of hydrogen-bond acceptors (Lipinski definition) is 5. The minimum Gasteiger partial charge on any atom is -0.489 e. The lowest BCUT2D eigenvalue weighted by molar-refractivity contribution is -0.137. The van der Waals surface area contributed by atoms with Gasteiger partial charge in [0.2, 0.25) is 17.6 Å².